The number of nitrogens with one attached hydrogen (secondary N) is 1. The van der Waals surface area contributed by atoms with Crippen molar-refractivity contribution in [2.24, 2.45) is 0 Å². The molecule has 0 saturated heterocycles. The van der Waals surface area contributed by atoms with Gasteiger partial charge in [0.25, 0.3) is 11.6 Å². The molecule has 0 aliphatic rings. The van der Waals surface area contributed by atoms with Gasteiger partial charge in [-0.1, -0.05) is 24.3 Å². The molecule has 2 aromatic rings. The summed E-state index contributed by atoms with van der Waals surface area (Å²) in [6.07, 6.45) is 0. The predicted octanol–water partition coefficient (Wildman–Crippen LogP) is 2.11. The van der Waals surface area contributed by atoms with Gasteiger partial charge in [-0.15, -0.1) is 0 Å². The highest BCUT2D eigenvalue weighted by Gasteiger charge is 2.15. The first-order chi connectivity index (χ1) is 8.13. The summed E-state index contributed by atoms with van der Waals surface area (Å²) in [5.41, 5.74) is 0.236. The SMILES string of the molecule is CNC(=O)c1cc([N+](=O)[O-])cc2ccccc12. The summed E-state index contributed by atoms with van der Waals surface area (Å²) in [5.74, 6) is -0.329. The Morgan fingerprint density at radius 2 is 2.00 bits per heavy atom. The highest BCUT2D eigenvalue weighted by Crippen LogP contribution is 2.25. The molecule has 0 atom stereocenters. The van der Waals surface area contributed by atoms with Crippen molar-refractivity contribution in [3.05, 3.63) is 52.1 Å². The van der Waals surface area contributed by atoms with Gasteiger partial charge in [-0.05, 0) is 10.8 Å². The number of nitro groups is 1. The Morgan fingerprint density at radius 1 is 1.29 bits per heavy atom. The molecule has 5 heteroatoms. The Labute approximate surface area is 97.2 Å². The third-order valence-corrected chi connectivity index (χ3v) is 2.53. The first-order valence-corrected chi connectivity index (χ1v) is 5.02. The maximum atomic E-state index is 11.7. The first-order valence-electron chi connectivity index (χ1n) is 5.02. The quantitative estimate of drug-likeness (QED) is 0.634. The van der Waals surface area contributed by atoms with Crippen LogP contribution in [-0.2, 0) is 0 Å². The number of hydrogen-bond donors (Lipinski definition) is 1. The third-order valence-electron chi connectivity index (χ3n) is 2.53. The number of amides is 1. The Kier molecular flexibility index (Phi) is 2.74. The van der Waals surface area contributed by atoms with Crippen LogP contribution in [0.3, 0.4) is 0 Å². The zero-order valence-electron chi connectivity index (χ0n) is 9.14. The summed E-state index contributed by atoms with van der Waals surface area (Å²) in [7, 11) is 1.50. The number of hydrogen-bond acceptors (Lipinski definition) is 3. The minimum Gasteiger partial charge on any atom is -0.355 e. The summed E-state index contributed by atoms with van der Waals surface area (Å²) in [4.78, 5) is 21.9. The number of carbonyl (C=O) groups is 1. The van der Waals surface area contributed by atoms with E-state index in [1.54, 1.807) is 24.3 Å². The van der Waals surface area contributed by atoms with E-state index in [0.717, 1.165) is 0 Å². The summed E-state index contributed by atoms with van der Waals surface area (Å²) >= 11 is 0. The molecule has 0 saturated carbocycles. The molecule has 86 valence electrons. The van der Waals surface area contributed by atoms with E-state index in [1.165, 1.54) is 19.2 Å². The predicted molar refractivity (Wildman–Crippen MR) is 64.0 cm³/mol. The fourth-order valence-electron chi connectivity index (χ4n) is 1.72. The van der Waals surface area contributed by atoms with E-state index in [0.29, 0.717) is 16.3 Å². The van der Waals surface area contributed by atoms with Gasteiger partial charge in [-0.2, -0.15) is 0 Å². The van der Waals surface area contributed by atoms with E-state index in [4.69, 9.17) is 0 Å². The van der Waals surface area contributed by atoms with Crippen molar-refractivity contribution < 1.29 is 9.72 Å². The van der Waals surface area contributed by atoms with Crippen LogP contribution in [0.2, 0.25) is 0 Å². The molecule has 0 aromatic heterocycles. The Morgan fingerprint density at radius 3 is 2.65 bits per heavy atom. The zero-order valence-corrected chi connectivity index (χ0v) is 9.14. The van der Waals surface area contributed by atoms with Crippen molar-refractivity contribution >= 4 is 22.4 Å². The molecular formula is C12H10N2O3. The van der Waals surface area contributed by atoms with Gasteiger partial charge in [0.2, 0.25) is 0 Å². The highest BCUT2D eigenvalue weighted by molar-refractivity contribution is 6.07. The Bertz CT molecular complexity index is 608. The molecule has 17 heavy (non-hydrogen) atoms. The van der Waals surface area contributed by atoms with Crippen molar-refractivity contribution in [1.82, 2.24) is 5.32 Å². The number of fused-ring (bicyclic) bond motifs is 1. The molecule has 1 amide bonds. The van der Waals surface area contributed by atoms with Gasteiger partial charge in [0, 0.05) is 19.2 Å². The lowest BCUT2D eigenvalue weighted by atomic mass is 10.0. The van der Waals surface area contributed by atoms with Crippen molar-refractivity contribution in [1.29, 1.82) is 0 Å². The van der Waals surface area contributed by atoms with E-state index in [9.17, 15) is 14.9 Å². The molecule has 0 radical (unpaired) electrons. The Balaban J connectivity index is 2.78. The average molecular weight is 230 g/mol. The number of non-ortho nitro benzene ring substituents is 1. The second kappa shape index (κ2) is 4.21. The van der Waals surface area contributed by atoms with Gasteiger partial charge in [-0.3, -0.25) is 14.9 Å². The van der Waals surface area contributed by atoms with Gasteiger partial charge in [0.1, 0.15) is 0 Å². The molecule has 0 heterocycles. The lowest BCUT2D eigenvalue weighted by Crippen LogP contribution is -2.18. The van der Waals surface area contributed by atoms with Gasteiger partial charge in [0.05, 0.1) is 10.5 Å². The van der Waals surface area contributed by atoms with Gasteiger partial charge in [-0.25, -0.2) is 0 Å². The lowest BCUT2D eigenvalue weighted by Gasteiger charge is -2.05. The normalized spacial score (nSPS) is 10.2. The fraction of sp³-hybridized carbons (Fsp3) is 0.0833. The van der Waals surface area contributed by atoms with Gasteiger partial charge in [0.15, 0.2) is 0 Å². The molecular weight excluding hydrogens is 220 g/mol. The average Bonchev–Trinajstić information content (AvgIpc) is 2.36. The van der Waals surface area contributed by atoms with Crippen molar-refractivity contribution in [2.45, 2.75) is 0 Å². The Hall–Kier alpha value is -2.43. The monoisotopic (exact) mass is 230 g/mol. The second-order valence-corrected chi connectivity index (χ2v) is 3.55. The zero-order chi connectivity index (χ0) is 12.4. The molecule has 0 aliphatic heterocycles. The van der Waals surface area contributed by atoms with Crippen LogP contribution in [0.1, 0.15) is 10.4 Å². The number of nitrogens with zero attached hydrogens (tertiary/aromatic N) is 1. The molecule has 1 N–H and O–H groups in total. The van der Waals surface area contributed by atoms with Crippen LogP contribution in [0, 0.1) is 10.1 Å². The molecule has 5 nitrogen and oxygen atoms in total. The molecule has 0 spiro atoms. The van der Waals surface area contributed by atoms with Gasteiger partial charge >= 0.3 is 0 Å². The number of benzene rings is 2. The van der Waals surface area contributed by atoms with Crippen LogP contribution in [0.25, 0.3) is 10.8 Å². The van der Waals surface area contributed by atoms with Crippen LogP contribution < -0.4 is 5.32 Å². The molecule has 2 aromatic carbocycles. The highest BCUT2D eigenvalue weighted by atomic mass is 16.6. The molecule has 0 fully saturated rings. The maximum absolute atomic E-state index is 11.7. The smallest absolute Gasteiger partial charge is 0.270 e. The largest absolute Gasteiger partial charge is 0.355 e. The van der Waals surface area contributed by atoms with E-state index in [2.05, 4.69) is 5.32 Å². The summed E-state index contributed by atoms with van der Waals surface area (Å²) < 4.78 is 0. The lowest BCUT2D eigenvalue weighted by molar-refractivity contribution is -0.384. The van der Waals surface area contributed by atoms with Crippen LogP contribution >= 0.6 is 0 Å². The van der Waals surface area contributed by atoms with E-state index in [1.807, 2.05) is 0 Å². The second-order valence-electron chi connectivity index (χ2n) is 3.55. The first kappa shape index (κ1) is 11.1. The van der Waals surface area contributed by atoms with Crippen LogP contribution in [0.5, 0.6) is 0 Å². The third kappa shape index (κ3) is 1.94. The maximum Gasteiger partial charge on any atom is 0.270 e. The summed E-state index contributed by atoms with van der Waals surface area (Å²) in [5, 5.41) is 14.6. The topological polar surface area (TPSA) is 72.2 Å². The van der Waals surface area contributed by atoms with E-state index >= 15 is 0 Å². The standard InChI is InChI=1S/C12H10N2O3/c1-13-12(15)11-7-9(14(16)17)6-8-4-2-3-5-10(8)11/h2-7H,1H3,(H,13,15). The minimum absolute atomic E-state index is 0.0812. The molecule has 0 bridgehead atoms. The van der Waals surface area contributed by atoms with Crippen LogP contribution in [0.15, 0.2) is 36.4 Å². The van der Waals surface area contributed by atoms with Crippen molar-refractivity contribution in [2.75, 3.05) is 7.05 Å². The minimum atomic E-state index is -0.501. The molecule has 2 rings (SSSR count). The summed E-state index contributed by atoms with van der Waals surface area (Å²) in [6.45, 7) is 0. The number of nitro benzene ring substituents is 1. The van der Waals surface area contributed by atoms with E-state index < -0.39 is 4.92 Å². The van der Waals surface area contributed by atoms with Crippen LogP contribution in [0.4, 0.5) is 5.69 Å². The molecule has 0 unspecified atom stereocenters. The molecule has 0 aliphatic carbocycles. The number of carbonyl (C=O) groups excluding carboxylic acids is 1. The van der Waals surface area contributed by atoms with Gasteiger partial charge < -0.3 is 5.32 Å². The van der Waals surface area contributed by atoms with Crippen LogP contribution in [-0.4, -0.2) is 17.9 Å². The summed E-state index contributed by atoms with van der Waals surface area (Å²) in [6, 6.07) is 9.83. The fourth-order valence-corrected chi connectivity index (χ4v) is 1.72. The van der Waals surface area contributed by atoms with Crippen molar-refractivity contribution in [3.63, 3.8) is 0 Å². The van der Waals surface area contributed by atoms with Crippen molar-refractivity contribution in [3.8, 4) is 0 Å². The number of rotatable bonds is 2. The van der Waals surface area contributed by atoms with E-state index in [-0.39, 0.29) is 11.6 Å².